The molecule has 0 aliphatic heterocycles. The number of allylic oxidation sites excluding steroid dienone is 10. The summed E-state index contributed by atoms with van der Waals surface area (Å²) in [5, 5.41) is 0. The Labute approximate surface area is 415 Å². The van der Waals surface area contributed by atoms with Crippen molar-refractivity contribution in [2.24, 2.45) is 0 Å². The van der Waals surface area contributed by atoms with Crippen LogP contribution < -0.4 is 0 Å². The van der Waals surface area contributed by atoms with Gasteiger partial charge in [-0.2, -0.15) is 0 Å². The molecule has 0 aliphatic carbocycles. The van der Waals surface area contributed by atoms with Crippen molar-refractivity contribution < 1.29 is 28.6 Å². The van der Waals surface area contributed by atoms with Crippen molar-refractivity contribution in [2.45, 2.75) is 297 Å². The van der Waals surface area contributed by atoms with Crippen molar-refractivity contribution in [1.29, 1.82) is 0 Å². The van der Waals surface area contributed by atoms with E-state index in [0.717, 1.165) is 64.2 Å². The molecule has 0 aliphatic rings. The lowest BCUT2D eigenvalue weighted by Gasteiger charge is -2.18. The van der Waals surface area contributed by atoms with Gasteiger partial charge in [-0.05, 0) is 83.5 Å². The predicted octanol–water partition coefficient (Wildman–Crippen LogP) is 19.2. The van der Waals surface area contributed by atoms with Crippen LogP contribution in [0.1, 0.15) is 290 Å². The maximum absolute atomic E-state index is 12.9. The molecule has 388 valence electrons. The number of hydrogen-bond donors (Lipinski definition) is 0. The van der Waals surface area contributed by atoms with Crippen LogP contribution in [0.15, 0.2) is 60.8 Å². The van der Waals surface area contributed by atoms with E-state index in [4.69, 9.17) is 14.2 Å². The van der Waals surface area contributed by atoms with Crippen molar-refractivity contribution in [3.05, 3.63) is 60.8 Å². The first-order valence-electron chi connectivity index (χ1n) is 28.8. The molecule has 0 saturated carbocycles. The predicted molar refractivity (Wildman–Crippen MR) is 288 cm³/mol. The summed E-state index contributed by atoms with van der Waals surface area (Å²) in [7, 11) is 0. The molecule has 0 aromatic carbocycles. The number of ether oxygens (including phenoxy) is 3. The Kier molecular flexibility index (Phi) is 53.3. The molecular formula is C61H108O6. The van der Waals surface area contributed by atoms with Crippen LogP contribution >= 0.6 is 0 Å². The third kappa shape index (κ3) is 53.9. The Balaban J connectivity index is 4.45. The van der Waals surface area contributed by atoms with E-state index < -0.39 is 6.10 Å². The number of carbonyl (C=O) groups excluding carboxylic acids is 3. The largest absolute Gasteiger partial charge is 0.462 e. The van der Waals surface area contributed by atoms with E-state index in [1.807, 2.05) is 0 Å². The first-order valence-corrected chi connectivity index (χ1v) is 28.8. The Morgan fingerprint density at radius 1 is 0.299 bits per heavy atom. The van der Waals surface area contributed by atoms with Crippen LogP contribution in [0.5, 0.6) is 0 Å². The van der Waals surface area contributed by atoms with E-state index in [9.17, 15) is 14.4 Å². The zero-order valence-corrected chi connectivity index (χ0v) is 44.4. The van der Waals surface area contributed by atoms with Gasteiger partial charge in [0, 0.05) is 19.3 Å². The third-order valence-corrected chi connectivity index (χ3v) is 12.5. The van der Waals surface area contributed by atoms with E-state index in [2.05, 4.69) is 81.5 Å². The SMILES string of the molecule is CCCCC/C=C\C/C=C\C/C=C\C/C=C\CCCC(=O)OCC(COC(=O)CCCCCCCCCCCCCCCCC)OC(=O)CCCCCCCCC/C=C\CCCCCCCC. The van der Waals surface area contributed by atoms with Gasteiger partial charge < -0.3 is 14.2 Å². The summed E-state index contributed by atoms with van der Waals surface area (Å²) in [6, 6.07) is 0. The average Bonchev–Trinajstić information content (AvgIpc) is 3.33. The molecule has 0 amide bonds. The molecule has 0 heterocycles. The summed E-state index contributed by atoms with van der Waals surface area (Å²) in [5.41, 5.74) is 0. The number of rotatable bonds is 52. The zero-order chi connectivity index (χ0) is 48.6. The standard InChI is InChI=1S/C61H108O6/c1-4-7-10-13-16-19-22-25-28-30-33-36-39-42-45-48-51-54-60(63)66-57-58(56-65-59(62)53-50-47-44-41-38-35-32-27-24-21-18-15-12-9-6-3)67-61(64)55-52-49-46-43-40-37-34-31-29-26-23-20-17-14-11-8-5-2/h16,19,25-26,28-29,33,36,42,45,58H,4-15,17-18,20-24,27,30-32,34-35,37-41,43-44,46-57H2,1-3H3/b19-16-,28-25-,29-26-,36-33-,45-42-. The van der Waals surface area contributed by atoms with E-state index in [0.29, 0.717) is 19.3 Å². The smallest absolute Gasteiger partial charge is 0.306 e. The van der Waals surface area contributed by atoms with Crippen LogP contribution in [0, 0.1) is 0 Å². The summed E-state index contributed by atoms with van der Waals surface area (Å²) in [4.78, 5) is 38.1. The Morgan fingerprint density at radius 3 is 0.940 bits per heavy atom. The molecule has 0 aromatic heterocycles. The van der Waals surface area contributed by atoms with Gasteiger partial charge in [-0.15, -0.1) is 0 Å². The molecule has 0 fully saturated rings. The third-order valence-electron chi connectivity index (χ3n) is 12.5. The molecule has 0 aromatic rings. The van der Waals surface area contributed by atoms with Crippen molar-refractivity contribution >= 4 is 17.9 Å². The Hall–Kier alpha value is -2.89. The minimum absolute atomic E-state index is 0.0902. The van der Waals surface area contributed by atoms with Gasteiger partial charge in [-0.1, -0.05) is 248 Å². The maximum atomic E-state index is 12.9. The summed E-state index contributed by atoms with van der Waals surface area (Å²) in [6.07, 6.45) is 69.2. The van der Waals surface area contributed by atoms with Crippen molar-refractivity contribution in [2.75, 3.05) is 13.2 Å². The van der Waals surface area contributed by atoms with Gasteiger partial charge in [0.1, 0.15) is 13.2 Å². The van der Waals surface area contributed by atoms with Crippen LogP contribution in [0.25, 0.3) is 0 Å². The number of carbonyl (C=O) groups is 3. The zero-order valence-electron chi connectivity index (χ0n) is 44.4. The molecule has 0 bridgehead atoms. The highest BCUT2D eigenvalue weighted by Crippen LogP contribution is 2.16. The molecule has 0 spiro atoms. The minimum atomic E-state index is -0.796. The molecule has 6 nitrogen and oxygen atoms in total. The molecular weight excluding hydrogens is 829 g/mol. The van der Waals surface area contributed by atoms with E-state index in [1.54, 1.807) is 0 Å². The molecule has 0 radical (unpaired) electrons. The molecule has 6 heteroatoms. The summed E-state index contributed by atoms with van der Waals surface area (Å²) >= 11 is 0. The van der Waals surface area contributed by atoms with Gasteiger partial charge in [0.05, 0.1) is 0 Å². The normalized spacial score (nSPS) is 12.5. The van der Waals surface area contributed by atoms with E-state index >= 15 is 0 Å². The van der Waals surface area contributed by atoms with Gasteiger partial charge in [0.25, 0.3) is 0 Å². The van der Waals surface area contributed by atoms with Gasteiger partial charge in [0.2, 0.25) is 0 Å². The summed E-state index contributed by atoms with van der Waals surface area (Å²) < 4.78 is 16.8. The number of hydrogen-bond acceptors (Lipinski definition) is 6. The van der Waals surface area contributed by atoms with Crippen LogP contribution in [0.2, 0.25) is 0 Å². The highest BCUT2D eigenvalue weighted by molar-refractivity contribution is 5.71. The topological polar surface area (TPSA) is 78.9 Å². The van der Waals surface area contributed by atoms with Gasteiger partial charge >= 0.3 is 17.9 Å². The highest BCUT2D eigenvalue weighted by Gasteiger charge is 2.19. The van der Waals surface area contributed by atoms with Crippen LogP contribution in [-0.4, -0.2) is 37.2 Å². The first-order chi connectivity index (χ1) is 33.0. The minimum Gasteiger partial charge on any atom is -0.462 e. The molecule has 0 rings (SSSR count). The molecule has 0 N–H and O–H groups in total. The van der Waals surface area contributed by atoms with Gasteiger partial charge in [-0.3, -0.25) is 14.4 Å². The fourth-order valence-electron chi connectivity index (χ4n) is 8.14. The molecule has 1 unspecified atom stereocenters. The van der Waals surface area contributed by atoms with Gasteiger partial charge in [0.15, 0.2) is 6.10 Å². The first kappa shape index (κ1) is 64.1. The van der Waals surface area contributed by atoms with Crippen LogP contribution in [0.4, 0.5) is 0 Å². The number of unbranched alkanes of at least 4 members (excludes halogenated alkanes) is 31. The quantitative estimate of drug-likeness (QED) is 0.0262. The van der Waals surface area contributed by atoms with E-state index in [-0.39, 0.29) is 37.5 Å². The summed E-state index contributed by atoms with van der Waals surface area (Å²) in [5.74, 6) is -0.941. The second-order valence-corrected chi connectivity index (χ2v) is 19.2. The molecule has 67 heavy (non-hydrogen) atoms. The van der Waals surface area contributed by atoms with E-state index in [1.165, 1.54) is 180 Å². The monoisotopic (exact) mass is 937 g/mol. The fourth-order valence-corrected chi connectivity index (χ4v) is 8.14. The maximum Gasteiger partial charge on any atom is 0.306 e. The van der Waals surface area contributed by atoms with Crippen molar-refractivity contribution in [3.8, 4) is 0 Å². The number of esters is 3. The highest BCUT2D eigenvalue weighted by atomic mass is 16.6. The molecule has 0 saturated heterocycles. The lowest BCUT2D eigenvalue weighted by molar-refractivity contribution is -0.167. The average molecular weight is 938 g/mol. The van der Waals surface area contributed by atoms with Crippen LogP contribution in [-0.2, 0) is 28.6 Å². The lowest BCUT2D eigenvalue weighted by atomic mass is 10.0. The Bertz CT molecular complexity index is 1210. The molecule has 1 atom stereocenters. The summed E-state index contributed by atoms with van der Waals surface area (Å²) in [6.45, 7) is 6.59. The van der Waals surface area contributed by atoms with Crippen molar-refractivity contribution in [1.82, 2.24) is 0 Å². The fraction of sp³-hybridized carbons (Fsp3) is 0.787. The Morgan fingerprint density at radius 2 is 0.552 bits per heavy atom. The second-order valence-electron chi connectivity index (χ2n) is 19.2. The second kappa shape index (κ2) is 55.7. The lowest BCUT2D eigenvalue weighted by Crippen LogP contribution is -2.30. The van der Waals surface area contributed by atoms with Crippen molar-refractivity contribution in [3.63, 3.8) is 0 Å². The van der Waals surface area contributed by atoms with Gasteiger partial charge in [-0.25, -0.2) is 0 Å². The van der Waals surface area contributed by atoms with Crippen LogP contribution in [0.3, 0.4) is 0 Å².